The maximum Gasteiger partial charge on any atom is 0.242 e. The van der Waals surface area contributed by atoms with Crippen LogP contribution in [0.1, 0.15) is 18.9 Å². The molecule has 6 nitrogen and oxygen atoms in total. The van der Waals surface area contributed by atoms with Crippen molar-refractivity contribution < 1.29 is 9.53 Å². The number of ether oxygens (including phenoxy) is 1. The Labute approximate surface area is 169 Å². The molecule has 28 heavy (non-hydrogen) atoms. The molecule has 0 atom stereocenters. The van der Waals surface area contributed by atoms with Gasteiger partial charge in [0.25, 0.3) is 0 Å². The zero-order valence-corrected chi connectivity index (χ0v) is 16.9. The normalized spacial score (nSPS) is 10.6. The molecule has 7 heteroatoms. The van der Waals surface area contributed by atoms with Crippen molar-refractivity contribution in [3.63, 3.8) is 0 Å². The average molecular weight is 397 g/mol. The number of benzene rings is 2. The number of rotatable bonds is 8. The highest BCUT2D eigenvalue weighted by Crippen LogP contribution is 2.21. The lowest BCUT2D eigenvalue weighted by Gasteiger charge is -2.23. The molecule has 2 aromatic carbocycles. The van der Waals surface area contributed by atoms with Gasteiger partial charge >= 0.3 is 0 Å². The van der Waals surface area contributed by atoms with Gasteiger partial charge in [0.1, 0.15) is 12.3 Å². The fourth-order valence-corrected chi connectivity index (χ4v) is 3.22. The zero-order chi connectivity index (χ0) is 19.9. The molecule has 0 unspecified atom stereocenters. The van der Waals surface area contributed by atoms with Crippen LogP contribution in [0.25, 0.3) is 11.4 Å². The number of nitrogens with one attached hydrogen (secondary N) is 1. The van der Waals surface area contributed by atoms with E-state index in [1.807, 2.05) is 59.5 Å². The number of nitrogens with zero attached hydrogens (tertiary/aromatic N) is 3. The summed E-state index contributed by atoms with van der Waals surface area (Å²) in [6, 6.07) is 17.5. The Hall–Kier alpha value is -2.93. The van der Waals surface area contributed by atoms with Crippen LogP contribution in [-0.2, 0) is 17.9 Å². The van der Waals surface area contributed by atoms with Crippen LogP contribution in [0.2, 0.25) is 0 Å². The van der Waals surface area contributed by atoms with Gasteiger partial charge < -0.3 is 9.64 Å². The first-order valence-electron chi connectivity index (χ1n) is 9.23. The first kappa shape index (κ1) is 19.8. The molecule has 0 aliphatic rings. The first-order valence-corrected chi connectivity index (χ1v) is 9.64. The molecule has 0 fully saturated rings. The number of methoxy groups -OCH3 is 1. The van der Waals surface area contributed by atoms with Crippen LogP contribution in [0, 0.1) is 4.77 Å². The van der Waals surface area contributed by atoms with Crippen molar-refractivity contribution in [3.05, 3.63) is 64.9 Å². The Bertz CT molecular complexity index is 964. The maximum absolute atomic E-state index is 13.0. The van der Waals surface area contributed by atoms with E-state index in [1.165, 1.54) is 0 Å². The smallest absolute Gasteiger partial charge is 0.242 e. The van der Waals surface area contributed by atoms with E-state index in [9.17, 15) is 4.79 Å². The summed E-state index contributed by atoms with van der Waals surface area (Å²) in [6.45, 7) is 3.48. The number of aromatic nitrogens is 3. The third-order valence-electron chi connectivity index (χ3n) is 4.46. The van der Waals surface area contributed by atoms with Gasteiger partial charge in [0, 0.05) is 18.7 Å². The van der Waals surface area contributed by atoms with Crippen LogP contribution in [0.3, 0.4) is 0 Å². The highest BCUT2D eigenvalue weighted by molar-refractivity contribution is 7.71. The van der Waals surface area contributed by atoms with Crippen molar-refractivity contribution in [1.29, 1.82) is 0 Å². The minimum absolute atomic E-state index is 0.0120. The van der Waals surface area contributed by atoms with Crippen LogP contribution in [-0.4, -0.2) is 39.2 Å². The molecule has 0 saturated carbocycles. The summed E-state index contributed by atoms with van der Waals surface area (Å²) in [5.74, 6) is 1.41. The number of H-pyrrole nitrogens is 1. The van der Waals surface area contributed by atoms with Gasteiger partial charge in [-0.3, -0.25) is 14.5 Å². The summed E-state index contributed by atoms with van der Waals surface area (Å²) < 4.78 is 7.37. The van der Waals surface area contributed by atoms with E-state index in [4.69, 9.17) is 17.0 Å². The molecule has 0 bridgehead atoms. The minimum atomic E-state index is 0.0120. The minimum Gasteiger partial charge on any atom is -0.497 e. The summed E-state index contributed by atoms with van der Waals surface area (Å²) >= 11 is 5.37. The van der Waals surface area contributed by atoms with Crippen molar-refractivity contribution in [2.75, 3.05) is 13.7 Å². The Morgan fingerprint density at radius 3 is 2.54 bits per heavy atom. The highest BCUT2D eigenvalue weighted by Gasteiger charge is 2.17. The van der Waals surface area contributed by atoms with Crippen LogP contribution in [0.15, 0.2) is 54.6 Å². The van der Waals surface area contributed by atoms with Crippen LogP contribution < -0.4 is 4.74 Å². The summed E-state index contributed by atoms with van der Waals surface area (Å²) in [6.07, 6.45) is 0.890. The van der Waals surface area contributed by atoms with E-state index in [-0.39, 0.29) is 12.5 Å². The van der Waals surface area contributed by atoms with Crippen molar-refractivity contribution in [1.82, 2.24) is 19.7 Å². The van der Waals surface area contributed by atoms with Crippen LogP contribution >= 0.6 is 12.2 Å². The lowest BCUT2D eigenvalue weighted by atomic mass is 10.2. The zero-order valence-electron chi connectivity index (χ0n) is 16.1. The first-order chi connectivity index (χ1) is 13.6. The molecule has 0 aliphatic carbocycles. The third-order valence-corrected chi connectivity index (χ3v) is 4.77. The highest BCUT2D eigenvalue weighted by atomic mass is 32.1. The second-order valence-electron chi connectivity index (χ2n) is 6.47. The predicted octanol–water partition coefficient (Wildman–Crippen LogP) is 4.06. The topological polar surface area (TPSA) is 63.1 Å². The molecule has 146 valence electrons. The Kier molecular flexibility index (Phi) is 6.60. The van der Waals surface area contributed by atoms with E-state index < -0.39 is 0 Å². The number of hydrogen-bond acceptors (Lipinski definition) is 4. The average Bonchev–Trinajstić information content (AvgIpc) is 3.08. The largest absolute Gasteiger partial charge is 0.497 e. The van der Waals surface area contributed by atoms with E-state index in [0.29, 0.717) is 23.7 Å². The number of carbonyl (C=O) groups excluding carboxylic acids is 1. The fraction of sp³-hybridized carbons (Fsp3) is 0.286. The molecular weight excluding hydrogens is 372 g/mol. The Balaban J connectivity index is 1.82. The quantitative estimate of drug-likeness (QED) is 0.584. The monoisotopic (exact) mass is 396 g/mol. The molecule has 0 spiro atoms. The molecular formula is C21H24N4O2S. The molecule has 0 radical (unpaired) electrons. The van der Waals surface area contributed by atoms with Crippen molar-refractivity contribution in [2.24, 2.45) is 0 Å². The van der Waals surface area contributed by atoms with Crippen molar-refractivity contribution >= 4 is 18.1 Å². The molecule has 3 rings (SSSR count). The summed E-state index contributed by atoms with van der Waals surface area (Å²) in [5, 5.41) is 7.12. The lowest BCUT2D eigenvalue weighted by molar-refractivity contribution is -0.132. The van der Waals surface area contributed by atoms with Gasteiger partial charge in [0.15, 0.2) is 10.6 Å². The molecule has 0 aliphatic heterocycles. The molecule has 1 N–H and O–H groups in total. The van der Waals surface area contributed by atoms with Gasteiger partial charge in [-0.15, -0.1) is 0 Å². The molecule has 1 heterocycles. The van der Waals surface area contributed by atoms with E-state index in [1.54, 1.807) is 11.7 Å². The van der Waals surface area contributed by atoms with Gasteiger partial charge in [-0.25, -0.2) is 0 Å². The number of carbonyl (C=O) groups is 1. The van der Waals surface area contributed by atoms with Gasteiger partial charge in [-0.1, -0.05) is 37.3 Å². The van der Waals surface area contributed by atoms with Gasteiger partial charge in [0.2, 0.25) is 5.91 Å². The van der Waals surface area contributed by atoms with E-state index >= 15 is 0 Å². The number of aromatic amines is 1. The molecule has 0 saturated heterocycles. The SMILES string of the molecule is CCCN(Cc1ccccc1)C(=O)Cn1c(-c2ccc(OC)cc2)n[nH]c1=S. The summed E-state index contributed by atoms with van der Waals surface area (Å²) in [4.78, 5) is 14.9. The molecule has 3 aromatic rings. The summed E-state index contributed by atoms with van der Waals surface area (Å²) in [7, 11) is 1.62. The second kappa shape index (κ2) is 9.32. The Morgan fingerprint density at radius 1 is 1.18 bits per heavy atom. The van der Waals surface area contributed by atoms with E-state index in [2.05, 4.69) is 17.1 Å². The van der Waals surface area contributed by atoms with Crippen LogP contribution in [0.5, 0.6) is 5.75 Å². The van der Waals surface area contributed by atoms with Crippen molar-refractivity contribution in [3.8, 4) is 17.1 Å². The number of amides is 1. The number of hydrogen-bond donors (Lipinski definition) is 1. The molecule has 1 aromatic heterocycles. The van der Waals surface area contributed by atoms with Crippen molar-refractivity contribution in [2.45, 2.75) is 26.4 Å². The third kappa shape index (κ3) is 4.67. The summed E-state index contributed by atoms with van der Waals surface area (Å²) in [5.41, 5.74) is 1.97. The molecule has 1 amide bonds. The standard InChI is InChI=1S/C21H24N4O2S/c1-3-13-24(14-16-7-5-4-6-8-16)19(26)15-25-20(22-23-21(25)28)17-9-11-18(27-2)12-10-17/h4-12H,3,13-15H2,1-2H3,(H,23,28). The lowest BCUT2D eigenvalue weighted by Crippen LogP contribution is -2.34. The predicted molar refractivity (Wildman–Crippen MR) is 112 cm³/mol. The van der Waals surface area contributed by atoms with E-state index in [0.717, 1.165) is 23.3 Å². The Morgan fingerprint density at radius 2 is 1.89 bits per heavy atom. The van der Waals surface area contributed by atoms with Crippen LogP contribution in [0.4, 0.5) is 0 Å². The van der Waals surface area contributed by atoms with Gasteiger partial charge in [-0.2, -0.15) is 5.10 Å². The fourth-order valence-electron chi connectivity index (χ4n) is 3.03. The van der Waals surface area contributed by atoms with Gasteiger partial charge in [0.05, 0.1) is 7.11 Å². The maximum atomic E-state index is 13.0. The van der Waals surface area contributed by atoms with Gasteiger partial charge in [-0.05, 0) is 48.5 Å². The second-order valence-corrected chi connectivity index (χ2v) is 6.85.